The van der Waals surface area contributed by atoms with Gasteiger partial charge in [-0.15, -0.1) is 17.2 Å². The molecular formula is C8H16P2. The van der Waals surface area contributed by atoms with Crippen molar-refractivity contribution in [1.82, 2.24) is 0 Å². The molecule has 0 aliphatic carbocycles. The van der Waals surface area contributed by atoms with Gasteiger partial charge in [-0.25, -0.2) is 0 Å². The molecule has 2 fully saturated rings. The van der Waals surface area contributed by atoms with E-state index < -0.39 is 0 Å². The highest BCUT2D eigenvalue weighted by molar-refractivity contribution is 7.44. The Morgan fingerprint density at radius 2 is 1.30 bits per heavy atom. The average Bonchev–Trinajstić information content (AvgIpc) is 2.59. The van der Waals surface area contributed by atoms with Crippen LogP contribution in [0.3, 0.4) is 0 Å². The van der Waals surface area contributed by atoms with Gasteiger partial charge in [0.05, 0.1) is 0 Å². The van der Waals surface area contributed by atoms with Crippen LogP contribution >= 0.6 is 17.2 Å². The molecular weight excluding hydrogens is 158 g/mol. The molecule has 2 aliphatic rings. The SMILES string of the molecule is C1CPC(C2CCCP2)C1. The van der Waals surface area contributed by atoms with E-state index in [2.05, 4.69) is 0 Å². The van der Waals surface area contributed by atoms with E-state index in [1.54, 1.807) is 38.0 Å². The Morgan fingerprint density at radius 1 is 0.800 bits per heavy atom. The van der Waals surface area contributed by atoms with Crippen LogP contribution in [0.4, 0.5) is 0 Å². The molecule has 2 rings (SSSR count). The summed E-state index contributed by atoms with van der Waals surface area (Å²) in [7, 11) is 2.68. The van der Waals surface area contributed by atoms with Crippen molar-refractivity contribution in [2.24, 2.45) is 0 Å². The lowest BCUT2D eigenvalue weighted by Gasteiger charge is -2.16. The average molecular weight is 174 g/mol. The third kappa shape index (κ3) is 1.54. The van der Waals surface area contributed by atoms with Crippen molar-refractivity contribution in [3.63, 3.8) is 0 Å². The van der Waals surface area contributed by atoms with E-state index in [4.69, 9.17) is 0 Å². The molecule has 4 unspecified atom stereocenters. The van der Waals surface area contributed by atoms with Gasteiger partial charge in [0.15, 0.2) is 0 Å². The molecule has 0 saturated carbocycles. The summed E-state index contributed by atoms with van der Waals surface area (Å²) in [6, 6.07) is 0. The second-order valence-corrected chi connectivity index (χ2v) is 6.71. The quantitative estimate of drug-likeness (QED) is 0.536. The number of hydrogen-bond acceptors (Lipinski definition) is 0. The zero-order chi connectivity index (χ0) is 6.81. The van der Waals surface area contributed by atoms with Crippen molar-refractivity contribution in [2.45, 2.75) is 37.0 Å². The van der Waals surface area contributed by atoms with Crippen molar-refractivity contribution < 1.29 is 0 Å². The zero-order valence-electron chi connectivity index (χ0n) is 6.40. The van der Waals surface area contributed by atoms with E-state index in [9.17, 15) is 0 Å². The predicted molar refractivity (Wildman–Crippen MR) is 52.4 cm³/mol. The van der Waals surface area contributed by atoms with Crippen LogP contribution in [0.15, 0.2) is 0 Å². The van der Waals surface area contributed by atoms with Crippen molar-refractivity contribution in [3.05, 3.63) is 0 Å². The normalized spacial score (nSPS) is 45.6. The van der Waals surface area contributed by atoms with Gasteiger partial charge in [-0.2, -0.15) is 0 Å². The predicted octanol–water partition coefficient (Wildman–Crippen LogP) is 2.67. The van der Waals surface area contributed by atoms with E-state index >= 15 is 0 Å². The highest BCUT2D eigenvalue weighted by Gasteiger charge is 2.26. The minimum atomic E-state index is 1.20. The first kappa shape index (κ1) is 7.51. The van der Waals surface area contributed by atoms with Gasteiger partial charge < -0.3 is 0 Å². The fourth-order valence-electron chi connectivity index (χ4n) is 2.11. The molecule has 0 spiro atoms. The van der Waals surface area contributed by atoms with Crippen LogP contribution in [0.2, 0.25) is 0 Å². The summed E-state index contributed by atoms with van der Waals surface area (Å²) in [5, 5.41) is 0. The molecule has 10 heavy (non-hydrogen) atoms. The Morgan fingerprint density at radius 3 is 1.60 bits per heavy atom. The second-order valence-electron chi connectivity index (χ2n) is 3.41. The van der Waals surface area contributed by atoms with Gasteiger partial charge in [-0.3, -0.25) is 0 Å². The standard InChI is InChI=1S/C8H16P2/c1-3-7(9-5-1)8-4-2-6-10-8/h7-10H,1-6H2. The third-order valence-corrected chi connectivity index (χ3v) is 6.73. The molecule has 0 radical (unpaired) electrons. The highest BCUT2D eigenvalue weighted by Crippen LogP contribution is 2.46. The topological polar surface area (TPSA) is 0 Å². The molecule has 0 aromatic rings. The summed E-state index contributed by atoms with van der Waals surface area (Å²) < 4.78 is 0. The molecule has 0 aromatic carbocycles. The van der Waals surface area contributed by atoms with Crippen molar-refractivity contribution in [3.8, 4) is 0 Å². The maximum absolute atomic E-state index is 1.58. The monoisotopic (exact) mass is 174 g/mol. The van der Waals surface area contributed by atoms with Crippen LogP contribution in [-0.2, 0) is 0 Å². The molecule has 58 valence electrons. The molecule has 0 nitrogen and oxygen atoms in total. The van der Waals surface area contributed by atoms with E-state index in [-0.39, 0.29) is 0 Å². The van der Waals surface area contributed by atoms with Crippen LogP contribution in [0.25, 0.3) is 0 Å². The van der Waals surface area contributed by atoms with Gasteiger partial charge in [0.1, 0.15) is 0 Å². The van der Waals surface area contributed by atoms with Crippen molar-refractivity contribution >= 4 is 17.2 Å². The molecule has 0 bridgehead atoms. The van der Waals surface area contributed by atoms with Crippen LogP contribution in [-0.4, -0.2) is 23.6 Å². The number of hydrogen-bond donors (Lipinski definition) is 0. The summed E-state index contributed by atoms with van der Waals surface area (Å²) in [4.78, 5) is 0. The summed E-state index contributed by atoms with van der Waals surface area (Å²) >= 11 is 0. The molecule has 0 amide bonds. The first-order valence-corrected chi connectivity index (χ1v) is 7.00. The lowest BCUT2D eigenvalue weighted by Crippen LogP contribution is -2.10. The Hall–Kier alpha value is 0.860. The minimum Gasteiger partial charge on any atom is -0.118 e. The number of rotatable bonds is 1. The van der Waals surface area contributed by atoms with Crippen LogP contribution in [0.5, 0.6) is 0 Å². The largest absolute Gasteiger partial charge is 0.118 e. The summed E-state index contributed by atoms with van der Waals surface area (Å²) in [6.45, 7) is 0. The Balaban J connectivity index is 1.85. The van der Waals surface area contributed by atoms with Gasteiger partial charge in [-0.1, -0.05) is 0 Å². The maximum atomic E-state index is 1.58. The van der Waals surface area contributed by atoms with E-state index in [1.165, 1.54) is 28.5 Å². The lowest BCUT2D eigenvalue weighted by atomic mass is 10.1. The summed E-state index contributed by atoms with van der Waals surface area (Å²) in [5.41, 5.74) is 2.39. The minimum absolute atomic E-state index is 1.20. The summed E-state index contributed by atoms with van der Waals surface area (Å²) in [5.74, 6) is 0. The van der Waals surface area contributed by atoms with Crippen molar-refractivity contribution in [2.75, 3.05) is 12.3 Å². The van der Waals surface area contributed by atoms with Gasteiger partial charge in [0.25, 0.3) is 0 Å². The van der Waals surface area contributed by atoms with Crippen molar-refractivity contribution in [1.29, 1.82) is 0 Å². The van der Waals surface area contributed by atoms with Gasteiger partial charge in [0.2, 0.25) is 0 Å². The van der Waals surface area contributed by atoms with Crippen LogP contribution in [0.1, 0.15) is 25.7 Å². The third-order valence-electron chi connectivity index (χ3n) is 2.68. The molecule has 0 N–H and O–H groups in total. The molecule has 4 atom stereocenters. The van der Waals surface area contributed by atoms with Gasteiger partial charge in [0, 0.05) is 0 Å². The summed E-state index contributed by atoms with van der Waals surface area (Å²) in [6.07, 6.45) is 9.37. The fraction of sp³-hybridized carbons (Fsp3) is 1.00. The molecule has 2 saturated heterocycles. The lowest BCUT2D eigenvalue weighted by molar-refractivity contribution is 0.699. The molecule has 0 aromatic heterocycles. The maximum Gasteiger partial charge on any atom is -0.0171 e. The Kier molecular flexibility index (Phi) is 2.63. The fourth-order valence-corrected chi connectivity index (χ4v) is 6.09. The second kappa shape index (κ2) is 3.51. The van der Waals surface area contributed by atoms with E-state index in [1.807, 2.05) is 0 Å². The molecule has 2 aliphatic heterocycles. The highest BCUT2D eigenvalue weighted by atomic mass is 31.1. The first-order valence-electron chi connectivity index (χ1n) is 4.43. The molecule has 2 heteroatoms. The van der Waals surface area contributed by atoms with Gasteiger partial charge in [-0.05, 0) is 49.3 Å². The smallest absolute Gasteiger partial charge is 0.0171 e. The van der Waals surface area contributed by atoms with E-state index in [0.29, 0.717) is 0 Å². The Labute approximate surface area is 67.1 Å². The molecule has 2 heterocycles. The van der Waals surface area contributed by atoms with Crippen LogP contribution in [0, 0.1) is 0 Å². The zero-order valence-corrected chi connectivity index (χ0v) is 8.40. The van der Waals surface area contributed by atoms with Gasteiger partial charge >= 0.3 is 0 Å². The Bertz CT molecular complexity index is 87.8. The van der Waals surface area contributed by atoms with Crippen LogP contribution < -0.4 is 0 Å². The van der Waals surface area contributed by atoms with E-state index in [0.717, 1.165) is 0 Å². The first-order chi connectivity index (χ1) is 4.97.